The Bertz CT molecular complexity index is 501. The molecule has 1 unspecified atom stereocenters. The third-order valence-electron chi connectivity index (χ3n) is 3.45. The van der Waals surface area contributed by atoms with Gasteiger partial charge in [0.25, 0.3) is 0 Å². The van der Waals surface area contributed by atoms with Gasteiger partial charge in [0.2, 0.25) is 5.91 Å². The molecule has 3 nitrogen and oxygen atoms in total. The highest BCUT2D eigenvalue weighted by molar-refractivity contribution is 5.84. The lowest BCUT2D eigenvalue weighted by Crippen LogP contribution is -2.44. The van der Waals surface area contributed by atoms with Crippen LogP contribution < -0.4 is 5.32 Å². The Hall–Kier alpha value is -1.72. The molecule has 1 heterocycles. The number of nitrogens with one attached hydrogen (secondary N) is 1. The predicted molar refractivity (Wildman–Crippen MR) is 69.8 cm³/mol. The number of amides is 1. The van der Waals surface area contributed by atoms with Crippen molar-refractivity contribution in [3.8, 4) is 0 Å². The van der Waals surface area contributed by atoms with E-state index in [1.807, 2.05) is 0 Å². The van der Waals surface area contributed by atoms with Gasteiger partial charge in [-0.2, -0.15) is 0 Å². The van der Waals surface area contributed by atoms with Gasteiger partial charge in [0.1, 0.15) is 6.04 Å². The van der Waals surface area contributed by atoms with Crippen molar-refractivity contribution < 1.29 is 18.0 Å². The summed E-state index contributed by atoms with van der Waals surface area (Å²) in [5.41, 5.74) is -0.207. The second-order valence-corrected chi connectivity index (χ2v) is 4.97. The molecule has 1 aromatic rings. The molecule has 1 atom stereocenters. The predicted octanol–water partition coefficient (Wildman–Crippen LogP) is 2.92. The molecule has 1 aromatic carbocycles. The van der Waals surface area contributed by atoms with Gasteiger partial charge >= 0.3 is 0 Å². The maximum absolute atomic E-state index is 13.5. The van der Waals surface area contributed by atoms with Crippen LogP contribution in [0.2, 0.25) is 0 Å². The van der Waals surface area contributed by atoms with Crippen molar-refractivity contribution in [3.05, 3.63) is 29.6 Å². The highest BCUT2D eigenvalue weighted by Crippen LogP contribution is 2.21. The molecule has 1 N–H and O–H groups in total. The highest BCUT2D eigenvalue weighted by Gasteiger charge is 2.23. The molecule has 2 rings (SSSR count). The van der Waals surface area contributed by atoms with Gasteiger partial charge in [0.15, 0.2) is 17.5 Å². The fraction of sp³-hybridized carbons (Fsp3) is 0.500. The molecule has 0 saturated carbocycles. The summed E-state index contributed by atoms with van der Waals surface area (Å²) in [5, 5.41) is 2.60. The largest absolute Gasteiger partial charge is 0.371 e. The Morgan fingerprint density at radius 3 is 2.45 bits per heavy atom. The van der Waals surface area contributed by atoms with Gasteiger partial charge in [-0.05, 0) is 38.3 Å². The Labute approximate surface area is 115 Å². The molecule has 6 heteroatoms. The third kappa shape index (κ3) is 3.05. The zero-order chi connectivity index (χ0) is 14.7. The van der Waals surface area contributed by atoms with E-state index < -0.39 is 23.5 Å². The Balaban J connectivity index is 2.05. The van der Waals surface area contributed by atoms with E-state index >= 15 is 0 Å². The zero-order valence-corrected chi connectivity index (χ0v) is 11.3. The molecule has 20 heavy (non-hydrogen) atoms. The molecular weight excluding hydrogens is 269 g/mol. The summed E-state index contributed by atoms with van der Waals surface area (Å²) in [6.45, 7) is 2.95. The van der Waals surface area contributed by atoms with Crippen LogP contribution in [0.25, 0.3) is 0 Å². The minimum Gasteiger partial charge on any atom is -0.371 e. The van der Waals surface area contributed by atoms with Crippen LogP contribution in [0.3, 0.4) is 0 Å². The van der Waals surface area contributed by atoms with Crippen LogP contribution in [-0.4, -0.2) is 29.9 Å². The summed E-state index contributed by atoms with van der Waals surface area (Å²) in [6.07, 6.45) is 3.01. The van der Waals surface area contributed by atoms with Crippen LogP contribution >= 0.6 is 0 Å². The van der Waals surface area contributed by atoms with Crippen molar-refractivity contribution >= 4 is 11.6 Å². The van der Waals surface area contributed by atoms with Gasteiger partial charge in [-0.25, -0.2) is 13.2 Å². The minimum absolute atomic E-state index is 0.158. The minimum atomic E-state index is -1.53. The van der Waals surface area contributed by atoms with Crippen molar-refractivity contribution in [3.63, 3.8) is 0 Å². The van der Waals surface area contributed by atoms with E-state index in [0.717, 1.165) is 31.4 Å². The van der Waals surface area contributed by atoms with E-state index in [2.05, 4.69) is 5.32 Å². The molecule has 1 aliphatic heterocycles. The summed E-state index contributed by atoms with van der Waals surface area (Å²) in [5.74, 6) is -4.24. The molecule has 0 spiro atoms. The normalized spacial score (nSPS) is 16.9. The van der Waals surface area contributed by atoms with E-state index in [1.165, 1.54) is 0 Å². The third-order valence-corrected chi connectivity index (χ3v) is 3.45. The monoisotopic (exact) mass is 286 g/mol. The average molecular weight is 286 g/mol. The van der Waals surface area contributed by atoms with Gasteiger partial charge in [0, 0.05) is 13.1 Å². The second kappa shape index (κ2) is 6.15. The van der Waals surface area contributed by atoms with Crippen LogP contribution in [0.15, 0.2) is 12.1 Å². The number of hydrogen-bond acceptors (Lipinski definition) is 2. The van der Waals surface area contributed by atoms with Crippen molar-refractivity contribution in [2.24, 2.45) is 0 Å². The molecule has 110 valence electrons. The van der Waals surface area contributed by atoms with Crippen molar-refractivity contribution in [1.82, 2.24) is 4.90 Å². The first-order valence-electron chi connectivity index (χ1n) is 6.69. The summed E-state index contributed by atoms with van der Waals surface area (Å²) >= 11 is 0. The molecule has 0 aliphatic carbocycles. The summed E-state index contributed by atoms with van der Waals surface area (Å²) in [6, 6.07) is 1.24. The Morgan fingerprint density at radius 2 is 1.80 bits per heavy atom. The first kappa shape index (κ1) is 14.7. The SMILES string of the molecule is CC(Nc1ccc(F)c(F)c1F)C(=O)N1CCCCC1. The smallest absolute Gasteiger partial charge is 0.244 e. The standard InChI is InChI=1S/C14H17F3N2O/c1-9(14(20)19-7-3-2-4-8-19)18-11-6-5-10(15)12(16)13(11)17/h5-6,9,18H,2-4,7-8H2,1H3. The molecular formula is C14H17F3N2O. The number of piperidine rings is 1. The molecule has 0 radical (unpaired) electrons. The van der Waals surface area contributed by atoms with Gasteiger partial charge in [-0.15, -0.1) is 0 Å². The van der Waals surface area contributed by atoms with Crippen molar-refractivity contribution in [2.45, 2.75) is 32.2 Å². The zero-order valence-electron chi connectivity index (χ0n) is 11.3. The number of anilines is 1. The van der Waals surface area contributed by atoms with E-state index in [0.29, 0.717) is 13.1 Å². The molecule has 0 aromatic heterocycles. The van der Waals surface area contributed by atoms with Crippen LogP contribution in [-0.2, 0) is 4.79 Å². The van der Waals surface area contributed by atoms with Crippen LogP contribution in [0.5, 0.6) is 0 Å². The van der Waals surface area contributed by atoms with Gasteiger partial charge < -0.3 is 10.2 Å². The number of benzene rings is 1. The molecule has 1 aliphatic rings. The topological polar surface area (TPSA) is 32.3 Å². The fourth-order valence-electron chi connectivity index (χ4n) is 2.32. The maximum Gasteiger partial charge on any atom is 0.244 e. The first-order chi connectivity index (χ1) is 9.50. The van der Waals surface area contributed by atoms with E-state index in [-0.39, 0.29) is 11.6 Å². The molecule has 0 bridgehead atoms. The lowest BCUT2D eigenvalue weighted by atomic mass is 10.1. The number of halogens is 3. The van der Waals surface area contributed by atoms with E-state index in [9.17, 15) is 18.0 Å². The van der Waals surface area contributed by atoms with Gasteiger partial charge in [-0.1, -0.05) is 0 Å². The van der Waals surface area contributed by atoms with E-state index in [4.69, 9.17) is 0 Å². The van der Waals surface area contributed by atoms with Crippen LogP contribution in [0.4, 0.5) is 18.9 Å². The summed E-state index contributed by atoms with van der Waals surface area (Å²) in [7, 11) is 0. The van der Waals surface area contributed by atoms with Crippen LogP contribution in [0.1, 0.15) is 26.2 Å². The van der Waals surface area contributed by atoms with Crippen LogP contribution in [0, 0.1) is 17.5 Å². The number of rotatable bonds is 3. The summed E-state index contributed by atoms with van der Waals surface area (Å²) < 4.78 is 39.5. The molecule has 1 saturated heterocycles. The second-order valence-electron chi connectivity index (χ2n) is 4.97. The van der Waals surface area contributed by atoms with Gasteiger partial charge in [-0.3, -0.25) is 4.79 Å². The lowest BCUT2D eigenvalue weighted by Gasteiger charge is -2.29. The molecule has 1 amide bonds. The Morgan fingerprint density at radius 1 is 1.15 bits per heavy atom. The number of carbonyl (C=O) groups is 1. The number of hydrogen-bond donors (Lipinski definition) is 1. The lowest BCUT2D eigenvalue weighted by molar-refractivity contribution is -0.132. The Kier molecular flexibility index (Phi) is 4.52. The van der Waals surface area contributed by atoms with Gasteiger partial charge in [0.05, 0.1) is 5.69 Å². The quantitative estimate of drug-likeness (QED) is 0.867. The average Bonchev–Trinajstić information content (AvgIpc) is 2.48. The van der Waals surface area contributed by atoms with Crippen molar-refractivity contribution in [1.29, 1.82) is 0 Å². The first-order valence-corrected chi connectivity index (χ1v) is 6.69. The van der Waals surface area contributed by atoms with E-state index in [1.54, 1.807) is 11.8 Å². The number of nitrogens with zero attached hydrogens (tertiary/aromatic N) is 1. The number of carbonyl (C=O) groups excluding carboxylic acids is 1. The fourth-order valence-corrected chi connectivity index (χ4v) is 2.32. The maximum atomic E-state index is 13.5. The molecule has 1 fully saturated rings. The number of likely N-dealkylation sites (tertiary alicyclic amines) is 1. The summed E-state index contributed by atoms with van der Waals surface area (Å²) in [4.78, 5) is 13.8. The highest BCUT2D eigenvalue weighted by atomic mass is 19.2. The van der Waals surface area contributed by atoms with Crippen molar-refractivity contribution in [2.75, 3.05) is 18.4 Å².